The average molecular weight is 384 g/mol. The van der Waals surface area contributed by atoms with Crippen LogP contribution in [-0.4, -0.2) is 61.5 Å². The minimum Gasteiger partial charge on any atom is -0.496 e. The van der Waals surface area contributed by atoms with Crippen molar-refractivity contribution in [1.29, 1.82) is 0 Å². The van der Waals surface area contributed by atoms with Gasteiger partial charge in [0.25, 0.3) is 5.91 Å². The molecule has 3 rings (SSSR count). The van der Waals surface area contributed by atoms with E-state index < -0.39 is 0 Å². The molecule has 7 heteroatoms. The Bertz CT molecular complexity index is 809. The van der Waals surface area contributed by atoms with Gasteiger partial charge in [-0.3, -0.25) is 4.79 Å². The number of amides is 1. The van der Waals surface area contributed by atoms with Crippen molar-refractivity contribution in [2.45, 2.75) is 20.4 Å². The van der Waals surface area contributed by atoms with Gasteiger partial charge in [0.15, 0.2) is 11.7 Å². The standard InChI is InChI=1S/C21H28N4O3/c1-4-22-21(23-15-17-8-7-16(2)19(14-17)27-3)25-11-9-24(10-12-25)20(26)18-6-5-13-28-18/h5-8,13-14H,4,9-12,15H2,1-3H3,(H,22,23). The van der Waals surface area contributed by atoms with Gasteiger partial charge in [-0.15, -0.1) is 0 Å². The Kier molecular flexibility index (Phi) is 6.57. The minimum atomic E-state index is -0.0571. The lowest BCUT2D eigenvalue weighted by Gasteiger charge is -2.36. The summed E-state index contributed by atoms with van der Waals surface area (Å²) in [6.07, 6.45) is 1.53. The SMILES string of the molecule is CCNC(=NCc1ccc(C)c(OC)c1)N1CCN(C(=O)c2ccco2)CC1. The number of ether oxygens (including phenoxy) is 1. The second kappa shape index (κ2) is 9.30. The van der Waals surface area contributed by atoms with Crippen molar-refractivity contribution < 1.29 is 13.9 Å². The molecule has 1 N–H and O–H groups in total. The number of rotatable bonds is 5. The molecule has 1 aliphatic heterocycles. The maximum Gasteiger partial charge on any atom is 0.289 e. The van der Waals surface area contributed by atoms with E-state index in [9.17, 15) is 4.79 Å². The van der Waals surface area contributed by atoms with Crippen LogP contribution < -0.4 is 10.1 Å². The lowest BCUT2D eigenvalue weighted by Crippen LogP contribution is -2.53. The van der Waals surface area contributed by atoms with Gasteiger partial charge in [-0.05, 0) is 43.2 Å². The van der Waals surface area contributed by atoms with Crippen LogP contribution in [0.5, 0.6) is 5.75 Å². The number of nitrogens with zero attached hydrogens (tertiary/aromatic N) is 3. The Morgan fingerprint density at radius 3 is 2.61 bits per heavy atom. The van der Waals surface area contributed by atoms with E-state index >= 15 is 0 Å². The largest absolute Gasteiger partial charge is 0.496 e. The molecule has 0 aliphatic carbocycles. The number of aliphatic imine (C=N–C) groups is 1. The molecule has 1 aliphatic rings. The van der Waals surface area contributed by atoms with Crippen molar-refractivity contribution in [1.82, 2.24) is 15.1 Å². The summed E-state index contributed by atoms with van der Waals surface area (Å²) in [5.74, 6) is 2.08. The van der Waals surface area contributed by atoms with Crippen LogP contribution in [0.3, 0.4) is 0 Å². The first kappa shape index (κ1) is 19.8. The molecule has 1 fully saturated rings. The van der Waals surface area contributed by atoms with E-state index in [1.807, 2.05) is 17.9 Å². The monoisotopic (exact) mass is 384 g/mol. The van der Waals surface area contributed by atoms with Gasteiger partial charge in [0.2, 0.25) is 0 Å². The number of hydrogen-bond acceptors (Lipinski definition) is 4. The first-order valence-electron chi connectivity index (χ1n) is 9.62. The van der Waals surface area contributed by atoms with Crippen molar-refractivity contribution in [3.63, 3.8) is 0 Å². The average Bonchev–Trinajstić information content (AvgIpc) is 3.26. The molecule has 1 saturated heterocycles. The van der Waals surface area contributed by atoms with E-state index in [1.54, 1.807) is 19.2 Å². The van der Waals surface area contributed by atoms with Crippen LogP contribution in [0.4, 0.5) is 0 Å². The van der Waals surface area contributed by atoms with E-state index in [0.29, 0.717) is 25.4 Å². The highest BCUT2D eigenvalue weighted by molar-refractivity contribution is 5.91. The third-order valence-corrected chi connectivity index (χ3v) is 4.82. The zero-order valence-corrected chi connectivity index (χ0v) is 16.8. The molecule has 0 atom stereocenters. The van der Waals surface area contributed by atoms with E-state index in [4.69, 9.17) is 14.1 Å². The molecule has 2 heterocycles. The van der Waals surface area contributed by atoms with Gasteiger partial charge in [-0.2, -0.15) is 0 Å². The molecular weight excluding hydrogens is 356 g/mol. The quantitative estimate of drug-likeness (QED) is 0.634. The van der Waals surface area contributed by atoms with Gasteiger partial charge in [0, 0.05) is 32.7 Å². The molecule has 0 spiro atoms. The van der Waals surface area contributed by atoms with E-state index in [1.165, 1.54) is 6.26 Å². The Morgan fingerprint density at radius 1 is 1.21 bits per heavy atom. The first-order valence-corrected chi connectivity index (χ1v) is 9.62. The van der Waals surface area contributed by atoms with E-state index in [2.05, 4.69) is 29.3 Å². The van der Waals surface area contributed by atoms with E-state index in [0.717, 1.165) is 42.5 Å². The molecule has 28 heavy (non-hydrogen) atoms. The smallest absolute Gasteiger partial charge is 0.289 e. The van der Waals surface area contributed by atoms with Crippen LogP contribution in [0.1, 0.15) is 28.6 Å². The Labute approximate surface area is 166 Å². The predicted molar refractivity (Wildman–Crippen MR) is 109 cm³/mol. The number of furan rings is 1. The molecule has 1 aromatic heterocycles. The van der Waals surface area contributed by atoms with Crippen LogP contribution in [-0.2, 0) is 6.54 Å². The van der Waals surface area contributed by atoms with Crippen molar-refractivity contribution in [3.8, 4) is 5.75 Å². The molecule has 2 aromatic rings. The number of nitrogens with one attached hydrogen (secondary N) is 1. The summed E-state index contributed by atoms with van der Waals surface area (Å²) in [5, 5.41) is 3.36. The second-order valence-electron chi connectivity index (χ2n) is 6.73. The fourth-order valence-electron chi connectivity index (χ4n) is 3.23. The molecule has 0 radical (unpaired) electrons. The zero-order chi connectivity index (χ0) is 19.9. The normalized spacial score (nSPS) is 14.9. The fraction of sp³-hybridized carbons (Fsp3) is 0.429. The van der Waals surface area contributed by atoms with Gasteiger partial charge >= 0.3 is 0 Å². The predicted octanol–water partition coefficient (Wildman–Crippen LogP) is 2.52. The summed E-state index contributed by atoms with van der Waals surface area (Å²) < 4.78 is 10.6. The number of carbonyl (C=O) groups is 1. The number of aryl methyl sites for hydroxylation is 1. The maximum absolute atomic E-state index is 12.4. The Hall–Kier alpha value is -2.96. The molecule has 0 bridgehead atoms. The lowest BCUT2D eigenvalue weighted by atomic mass is 10.1. The number of benzene rings is 1. The van der Waals surface area contributed by atoms with Crippen LogP contribution in [0, 0.1) is 6.92 Å². The highest BCUT2D eigenvalue weighted by atomic mass is 16.5. The highest BCUT2D eigenvalue weighted by Gasteiger charge is 2.25. The molecule has 150 valence electrons. The topological polar surface area (TPSA) is 70.3 Å². The maximum atomic E-state index is 12.4. The Balaban J connectivity index is 1.63. The van der Waals surface area contributed by atoms with Crippen LogP contribution >= 0.6 is 0 Å². The van der Waals surface area contributed by atoms with Gasteiger partial charge < -0.3 is 24.3 Å². The van der Waals surface area contributed by atoms with Crippen molar-refractivity contribution in [2.24, 2.45) is 4.99 Å². The summed E-state index contributed by atoms with van der Waals surface area (Å²) in [5.41, 5.74) is 2.21. The third kappa shape index (κ3) is 4.65. The molecule has 0 saturated carbocycles. The summed E-state index contributed by atoms with van der Waals surface area (Å²) in [6, 6.07) is 9.60. The second-order valence-corrected chi connectivity index (χ2v) is 6.73. The number of carbonyl (C=O) groups excluding carboxylic acids is 1. The number of piperazine rings is 1. The van der Waals surface area contributed by atoms with Crippen molar-refractivity contribution in [2.75, 3.05) is 39.8 Å². The fourth-order valence-corrected chi connectivity index (χ4v) is 3.23. The molecule has 1 amide bonds. The highest BCUT2D eigenvalue weighted by Crippen LogP contribution is 2.19. The lowest BCUT2D eigenvalue weighted by molar-refractivity contribution is 0.0657. The van der Waals surface area contributed by atoms with Gasteiger partial charge in [0.05, 0.1) is 19.9 Å². The van der Waals surface area contributed by atoms with Crippen LogP contribution in [0.2, 0.25) is 0 Å². The van der Waals surface area contributed by atoms with Crippen LogP contribution in [0.15, 0.2) is 46.0 Å². The number of guanidine groups is 1. The summed E-state index contributed by atoms with van der Waals surface area (Å²) in [7, 11) is 1.68. The van der Waals surface area contributed by atoms with Crippen molar-refractivity contribution >= 4 is 11.9 Å². The van der Waals surface area contributed by atoms with Crippen molar-refractivity contribution in [3.05, 3.63) is 53.5 Å². The molecule has 7 nitrogen and oxygen atoms in total. The number of hydrogen-bond donors (Lipinski definition) is 1. The summed E-state index contributed by atoms with van der Waals surface area (Å²) >= 11 is 0. The Morgan fingerprint density at radius 2 is 1.96 bits per heavy atom. The minimum absolute atomic E-state index is 0.0571. The van der Waals surface area contributed by atoms with Gasteiger partial charge in [-0.1, -0.05) is 12.1 Å². The van der Waals surface area contributed by atoms with Crippen LogP contribution in [0.25, 0.3) is 0 Å². The molecular formula is C21H28N4O3. The third-order valence-electron chi connectivity index (χ3n) is 4.82. The first-order chi connectivity index (χ1) is 13.6. The van der Waals surface area contributed by atoms with Gasteiger partial charge in [0.1, 0.15) is 5.75 Å². The zero-order valence-electron chi connectivity index (χ0n) is 16.8. The summed E-state index contributed by atoms with van der Waals surface area (Å²) in [6.45, 7) is 8.20. The molecule has 0 unspecified atom stereocenters. The number of methoxy groups -OCH3 is 1. The molecule has 1 aromatic carbocycles. The summed E-state index contributed by atoms with van der Waals surface area (Å²) in [4.78, 5) is 21.2. The van der Waals surface area contributed by atoms with E-state index in [-0.39, 0.29) is 5.91 Å². The van der Waals surface area contributed by atoms with Gasteiger partial charge in [-0.25, -0.2) is 4.99 Å².